The average molecular weight is 410 g/mol. The maximum Gasteiger partial charge on any atom is 0.262 e. The Balaban J connectivity index is 1.72. The molecule has 0 bridgehead atoms. The minimum absolute atomic E-state index is 0.206. The van der Waals surface area contributed by atoms with Gasteiger partial charge in [-0.2, -0.15) is 0 Å². The molecule has 3 aromatic rings. The Morgan fingerprint density at radius 1 is 1.21 bits per heavy atom. The van der Waals surface area contributed by atoms with Gasteiger partial charge in [0.1, 0.15) is 4.83 Å². The maximum absolute atomic E-state index is 13.6. The third kappa shape index (κ3) is 3.48. The highest BCUT2D eigenvalue weighted by atomic mass is 32.1. The zero-order chi connectivity index (χ0) is 20.6. The van der Waals surface area contributed by atoms with Crippen LogP contribution in [0.2, 0.25) is 0 Å². The van der Waals surface area contributed by atoms with Crippen molar-refractivity contribution < 1.29 is 22.8 Å². The second-order valence-electron chi connectivity index (χ2n) is 5.85. The Kier molecular flexibility index (Phi) is 5.18. The monoisotopic (exact) mass is 410 g/mol. The van der Waals surface area contributed by atoms with Gasteiger partial charge in [0, 0.05) is 7.05 Å². The van der Waals surface area contributed by atoms with Crippen molar-refractivity contribution in [3.8, 4) is 0 Å². The van der Waals surface area contributed by atoms with E-state index in [0.29, 0.717) is 21.8 Å². The molecule has 28 heavy (non-hydrogen) atoms. The van der Waals surface area contributed by atoms with Crippen LogP contribution in [-0.2, 0) is 11.8 Å². The molecule has 2 N–H and O–H groups in total. The highest BCUT2D eigenvalue weighted by molar-refractivity contribution is 7.20. The number of rotatable bonds is 4. The molecule has 0 aliphatic heterocycles. The number of aromatic nitrogens is 2. The van der Waals surface area contributed by atoms with Crippen LogP contribution in [0.3, 0.4) is 0 Å². The minimum atomic E-state index is -1.71. The van der Waals surface area contributed by atoms with Crippen molar-refractivity contribution in [2.24, 2.45) is 7.05 Å². The van der Waals surface area contributed by atoms with E-state index in [-0.39, 0.29) is 10.4 Å². The molecule has 0 spiro atoms. The first kappa shape index (κ1) is 19.5. The van der Waals surface area contributed by atoms with Crippen LogP contribution in [0.1, 0.15) is 15.2 Å². The number of fused-ring (bicyclic) bond motifs is 1. The number of amides is 2. The Morgan fingerprint density at radius 3 is 2.64 bits per heavy atom. The van der Waals surface area contributed by atoms with Gasteiger partial charge in [0.15, 0.2) is 17.5 Å². The van der Waals surface area contributed by atoms with Gasteiger partial charge in [-0.3, -0.25) is 14.4 Å². The topological polar surface area (TPSA) is 93.1 Å². The molecule has 0 aliphatic rings. The molecule has 11 heteroatoms. The molecule has 2 aromatic heterocycles. The van der Waals surface area contributed by atoms with Gasteiger partial charge in [-0.15, -0.1) is 11.3 Å². The van der Waals surface area contributed by atoms with E-state index in [2.05, 4.69) is 10.3 Å². The SMILES string of the molecule is Cc1c(C(=O)NCC(=O)Nc2ccc(F)c(F)c2F)sc2ncn(C)c(=O)c12. The van der Waals surface area contributed by atoms with E-state index in [1.807, 2.05) is 5.32 Å². The Hall–Kier alpha value is -3.21. The Labute approximate surface area is 159 Å². The molecule has 7 nitrogen and oxygen atoms in total. The number of thiophene rings is 1. The van der Waals surface area contributed by atoms with E-state index in [1.165, 1.54) is 17.9 Å². The average Bonchev–Trinajstić information content (AvgIpc) is 3.00. The van der Waals surface area contributed by atoms with E-state index in [1.54, 1.807) is 6.92 Å². The van der Waals surface area contributed by atoms with Crippen LogP contribution in [0.5, 0.6) is 0 Å². The second kappa shape index (κ2) is 7.43. The molecule has 0 saturated heterocycles. The van der Waals surface area contributed by atoms with Gasteiger partial charge in [0.2, 0.25) is 5.91 Å². The summed E-state index contributed by atoms with van der Waals surface area (Å²) < 4.78 is 40.9. The summed E-state index contributed by atoms with van der Waals surface area (Å²) in [5.41, 5.74) is -0.425. The summed E-state index contributed by atoms with van der Waals surface area (Å²) in [5, 5.41) is 4.69. The van der Waals surface area contributed by atoms with Crippen molar-refractivity contribution in [3.05, 3.63) is 56.7 Å². The van der Waals surface area contributed by atoms with Crippen LogP contribution in [-0.4, -0.2) is 27.9 Å². The maximum atomic E-state index is 13.6. The Bertz CT molecular complexity index is 1170. The smallest absolute Gasteiger partial charge is 0.262 e. The Morgan fingerprint density at radius 2 is 1.93 bits per heavy atom. The lowest BCUT2D eigenvalue weighted by Gasteiger charge is -2.08. The van der Waals surface area contributed by atoms with Crippen molar-refractivity contribution >= 4 is 39.1 Å². The third-order valence-corrected chi connectivity index (χ3v) is 5.13. The predicted molar refractivity (Wildman–Crippen MR) is 96.9 cm³/mol. The van der Waals surface area contributed by atoms with Crippen LogP contribution < -0.4 is 16.2 Å². The highest BCUT2D eigenvalue weighted by Gasteiger charge is 2.20. The van der Waals surface area contributed by atoms with Crippen molar-refractivity contribution in [2.75, 3.05) is 11.9 Å². The molecule has 0 radical (unpaired) electrons. The number of carbonyl (C=O) groups excluding carboxylic acids is 2. The van der Waals surface area contributed by atoms with Gasteiger partial charge in [-0.1, -0.05) is 0 Å². The first-order valence-corrected chi connectivity index (χ1v) is 8.68. The van der Waals surface area contributed by atoms with Gasteiger partial charge in [0.25, 0.3) is 11.5 Å². The summed E-state index contributed by atoms with van der Waals surface area (Å²) in [6.45, 7) is 1.05. The fourth-order valence-electron chi connectivity index (χ4n) is 2.48. The van der Waals surface area contributed by atoms with Crippen LogP contribution >= 0.6 is 11.3 Å². The predicted octanol–water partition coefficient (Wildman–Crippen LogP) is 2.09. The molecule has 0 fully saturated rings. The molecule has 2 heterocycles. The number of nitrogens with zero attached hydrogens (tertiary/aromatic N) is 2. The fourth-order valence-corrected chi connectivity index (χ4v) is 3.54. The van der Waals surface area contributed by atoms with Crippen LogP contribution in [0.15, 0.2) is 23.3 Å². The highest BCUT2D eigenvalue weighted by Crippen LogP contribution is 2.26. The lowest BCUT2D eigenvalue weighted by atomic mass is 10.2. The van der Waals surface area contributed by atoms with E-state index in [0.717, 1.165) is 17.4 Å². The van der Waals surface area contributed by atoms with Gasteiger partial charge >= 0.3 is 0 Å². The first-order chi connectivity index (χ1) is 13.2. The van der Waals surface area contributed by atoms with Crippen LogP contribution in [0, 0.1) is 24.4 Å². The summed E-state index contributed by atoms with van der Waals surface area (Å²) in [5.74, 6) is -6.10. The first-order valence-electron chi connectivity index (χ1n) is 7.87. The number of anilines is 1. The van der Waals surface area contributed by atoms with Crippen LogP contribution in [0.25, 0.3) is 10.2 Å². The number of nitrogens with one attached hydrogen (secondary N) is 2. The van der Waals surface area contributed by atoms with Crippen LogP contribution in [0.4, 0.5) is 18.9 Å². The van der Waals surface area contributed by atoms with Crippen molar-refractivity contribution in [2.45, 2.75) is 6.92 Å². The second-order valence-corrected chi connectivity index (χ2v) is 6.85. The summed E-state index contributed by atoms with van der Waals surface area (Å²) in [6, 6.07) is 1.53. The largest absolute Gasteiger partial charge is 0.342 e. The molecule has 0 atom stereocenters. The van der Waals surface area contributed by atoms with Crippen molar-refractivity contribution in [1.29, 1.82) is 0 Å². The molecule has 1 aromatic carbocycles. The number of benzene rings is 1. The number of hydrogen-bond acceptors (Lipinski definition) is 5. The quantitative estimate of drug-likeness (QED) is 0.645. The third-order valence-electron chi connectivity index (χ3n) is 3.94. The van der Waals surface area contributed by atoms with Crippen molar-refractivity contribution in [1.82, 2.24) is 14.9 Å². The molecular formula is C17H13F3N4O3S. The number of hydrogen-bond donors (Lipinski definition) is 2. The van der Waals surface area contributed by atoms with Gasteiger partial charge in [-0.25, -0.2) is 18.2 Å². The molecule has 3 rings (SSSR count). The number of carbonyl (C=O) groups is 2. The van der Waals surface area contributed by atoms with Gasteiger partial charge in [0.05, 0.1) is 28.8 Å². The minimum Gasteiger partial charge on any atom is -0.342 e. The molecule has 2 amide bonds. The summed E-state index contributed by atoms with van der Waals surface area (Å²) >= 11 is 0.997. The number of aryl methyl sites for hydroxylation is 2. The molecule has 0 aliphatic carbocycles. The van der Waals surface area contributed by atoms with E-state index in [4.69, 9.17) is 0 Å². The fraction of sp³-hybridized carbons (Fsp3) is 0.176. The summed E-state index contributed by atoms with van der Waals surface area (Å²) in [7, 11) is 1.54. The summed E-state index contributed by atoms with van der Waals surface area (Å²) in [6.07, 6.45) is 1.34. The molecule has 0 saturated carbocycles. The van der Waals surface area contributed by atoms with E-state index < -0.39 is 41.5 Å². The molecule has 0 unspecified atom stereocenters. The van der Waals surface area contributed by atoms with E-state index >= 15 is 0 Å². The normalized spacial score (nSPS) is 10.9. The molecular weight excluding hydrogens is 397 g/mol. The molecule has 146 valence electrons. The summed E-state index contributed by atoms with van der Waals surface area (Å²) in [4.78, 5) is 41.1. The number of halogens is 3. The van der Waals surface area contributed by atoms with Gasteiger partial charge in [-0.05, 0) is 24.6 Å². The van der Waals surface area contributed by atoms with Crippen molar-refractivity contribution in [3.63, 3.8) is 0 Å². The van der Waals surface area contributed by atoms with Gasteiger partial charge < -0.3 is 15.2 Å². The zero-order valence-electron chi connectivity index (χ0n) is 14.6. The standard InChI is InChI=1S/C17H13F3N4O3S/c1-7-11-16(22-6-24(2)17(11)27)28-14(7)15(26)21-5-10(25)23-9-4-3-8(18)12(19)13(9)20/h3-4,6H,5H2,1-2H3,(H,21,26)(H,23,25). The lowest BCUT2D eigenvalue weighted by Crippen LogP contribution is -2.33. The zero-order valence-corrected chi connectivity index (χ0v) is 15.4. The lowest BCUT2D eigenvalue weighted by molar-refractivity contribution is -0.115. The van der Waals surface area contributed by atoms with E-state index in [9.17, 15) is 27.6 Å².